The predicted molar refractivity (Wildman–Crippen MR) is 146 cm³/mol. The van der Waals surface area contributed by atoms with Gasteiger partial charge in [-0.15, -0.1) is 0 Å². The van der Waals surface area contributed by atoms with Crippen molar-refractivity contribution in [3.05, 3.63) is 131 Å². The van der Waals surface area contributed by atoms with Crippen LogP contribution in [0.25, 0.3) is 11.5 Å². The molecule has 0 saturated carbocycles. The number of carbonyl (C=O) groups excluding carboxylic acids is 1. The van der Waals surface area contributed by atoms with Gasteiger partial charge in [-0.25, -0.2) is 13.9 Å². The van der Waals surface area contributed by atoms with E-state index >= 15 is 0 Å². The maximum absolute atomic E-state index is 14.5. The number of halogens is 1. The summed E-state index contributed by atoms with van der Waals surface area (Å²) in [5.41, 5.74) is 5.97. The summed E-state index contributed by atoms with van der Waals surface area (Å²) in [5, 5.41) is 7.69. The molecule has 1 aliphatic rings. The van der Waals surface area contributed by atoms with Gasteiger partial charge < -0.3 is 14.8 Å². The number of nitrogens with zero attached hydrogens (tertiary/aromatic N) is 4. The molecule has 190 valence electrons. The average molecular weight is 506 g/mol. The predicted octanol–water partition coefficient (Wildman–Crippen LogP) is 6.81. The van der Waals surface area contributed by atoms with Crippen molar-refractivity contribution in [1.82, 2.24) is 19.2 Å². The second kappa shape index (κ2) is 9.67. The maximum Gasteiger partial charge on any atom is 0.323 e. The van der Waals surface area contributed by atoms with Gasteiger partial charge in [0.15, 0.2) is 0 Å². The average Bonchev–Trinajstić information content (AvgIpc) is 3.51. The molecule has 3 heterocycles. The number of anilines is 1. The highest BCUT2D eigenvalue weighted by molar-refractivity contribution is 5.90. The van der Waals surface area contributed by atoms with Crippen LogP contribution in [0.3, 0.4) is 0 Å². The summed E-state index contributed by atoms with van der Waals surface area (Å²) in [6, 6.07) is 27.8. The standard InChI is InChI=1S/C31H28FN5O/c1-3-22-15-17-23(18-16-22)29-28-14-9-19-35(28)30-25(21(2)34-37(30)24-10-5-4-6-11-24)20-36(29)31(38)33-27-13-8-7-12-26(27)32/h4-19,29H,3,20H2,1-2H3,(H,33,38)/t29-/m0/s1. The van der Waals surface area contributed by atoms with Gasteiger partial charge in [-0.05, 0) is 60.9 Å². The molecule has 0 unspecified atom stereocenters. The summed E-state index contributed by atoms with van der Waals surface area (Å²) >= 11 is 0. The van der Waals surface area contributed by atoms with Crippen LogP contribution < -0.4 is 5.32 Å². The van der Waals surface area contributed by atoms with E-state index in [9.17, 15) is 9.18 Å². The molecule has 1 N–H and O–H groups in total. The number of aromatic nitrogens is 3. The number of urea groups is 1. The zero-order chi connectivity index (χ0) is 26.2. The summed E-state index contributed by atoms with van der Waals surface area (Å²) in [6.45, 7) is 4.38. The molecule has 0 fully saturated rings. The Balaban J connectivity index is 1.53. The highest BCUT2D eigenvalue weighted by Gasteiger charge is 2.36. The van der Waals surface area contributed by atoms with Crippen LogP contribution in [0.15, 0.2) is 97.2 Å². The minimum atomic E-state index is -0.475. The number of nitrogens with one attached hydrogen (secondary N) is 1. The van der Waals surface area contributed by atoms with Gasteiger partial charge in [-0.3, -0.25) is 0 Å². The Bertz CT molecular complexity index is 1600. The molecule has 3 aromatic carbocycles. The fourth-order valence-electron chi connectivity index (χ4n) is 5.19. The fraction of sp³-hybridized carbons (Fsp3) is 0.161. The molecule has 2 aromatic heterocycles. The molecule has 38 heavy (non-hydrogen) atoms. The van der Waals surface area contributed by atoms with Crippen LogP contribution in [-0.4, -0.2) is 25.3 Å². The van der Waals surface area contributed by atoms with Gasteiger partial charge in [0.2, 0.25) is 0 Å². The molecule has 6 rings (SSSR count). The molecule has 1 aliphatic heterocycles. The van der Waals surface area contributed by atoms with Crippen molar-refractivity contribution in [2.45, 2.75) is 32.9 Å². The highest BCUT2D eigenvalue weighted by atomic mass is 19.1. The number of amides is 2. The number of hydrogen-bond donors (Lipinski definition) is 1. The van der Waals surface area contributed by atoms with E-state index in [0.717, 1.165) is 40.4 Å². The lowest BCUT2D eigenvalue weighted by Gasteiger charge is -2.31. The molecule has 5 aromatic rings. The lowest BCUT2D eigenvalue weighted by Crippen LogP contribution is -2.38. The van der Waals surface area contributed by atoms with Gasteiger partial charge in [0.25, 0.3) is 0 Å². The number of aryl methyl sites for hydroxylation is 2. The second-order valence-electron chi connectivity index (χ2n) is 9.47. The normalized spacial score (nSPS) is 14.5. The van der Waals surface area contributed by atoms with Crippen LogP contribution in [0.1, 0.15) is 41.0 Å². The molecule has 0 aliphatic carbocycles. The topological polar surface area (TPSA) is 55.1 Å². The molecule has 6 nitrogen and oxygen atoms in total. The van der Waals surface area contributed by atoms with Crippen molar-refractivity contribution in [3.63, 3.8) is 0 Å². The van der Waals surface area contributed by atoms with Crippen molar-refractivity contribution in [2.24, 2.45) is 0 Å². The number of hydrogen-bond acceptors (Lipinski definition) is 2. The van der Waals surface area contributed by atoms with E-state index in [1.54, 1.807) is 23.1 Å². The van der Waals surface area contributed by atoms with E-state index < -0.39 is 11.9 Å². The summed E-state index contributed by atoms with van der Waals surface area (Å²) in [7, 11) is 0. The Morgan fingerprint density at radius 1 is 0.974 bits per heavy atom. The molecule has 2 amide bonds. The highest BCUT2D eigenvalue weighted by Crippen LogP contribution is 2.39. The Labute approximate surface area is 221 Å². The van der Waals surface area contributed by atoms with Gasteiger partial charge in [0.1, 0.15) is 11.6 Å². The van der Waals surface area contributed by atoms with E-state index in [1.807, 2.05) is 60.3 Å². The van der Waals surface area contributed by atoms with Gasteiger partial charge in [-0.1, -0.05) is 61.5 Å². The van der Waals surface area contributed by atoms with E-state index in [2.05, 4.69) is 41.1 Å². The van der Waals surface area contributed by atoms with Crippen molar-refractivity contribution in [2.75, 3.05) is 5.32 Å². The van der Waals surface area contributed by atoms with E-state index in [0.29, 0.717) is 6.54 Å². The minimum Gasteiger partial charge on any atom is -0.307 e. The smallest absolute Gasteiger partial charge is 0.307 e. The quantitative estimate of drug-likeness (QED) is 0.292. The first-order chi connectivity index (χ1) is 18.5. The minimum absolute atomic E-state index is 0.147. The van der Waals surface area contributed by atoms with Crippen LogP contribution in [0.2, 0.25) is 0 Å². The summed E-state index contributed by atoms with van der Waals surface area (Å²) < 4.78 is 18.6. The Morgan fingerprint density at radius 2 is 1.71 bits per heavy atom. The fourth-order valence-corrected chi connectivity index (χ4v) is 5.19. The first-order valence-electron chi connectivity index (χ1n) is 12.8. The number of fused-ring (bicyclic) bond motifs is 3. The molecule has 7 heteroatoms. The van der Waals surface area contributed by atoms with Gasteiger partial charge in [0, 0.05) is 11.8 Å². The van der Waals surface area contributed by atoms with Crippen molar-refractivity contribution in [3.8, 4) is 11.5 Å². The van der Waals surface area contributed by atoms with Crippen LogP contribution in [-0.2, 0) is 13.0 Å². The summed E-state index contributed by atoms with van der Waals surface area (Å²) in [4.78, 5) is 15.7. The van der Waals surface area contributed by atoms with E-state index in [4.69, 9.17) is 5.10 Å². The third-order valence-electron chi connectivity index (χ3n) is 7.17. The third kappa shape index (κ3) is 4.06. The second-order valence-corrected chi connectivity index (χ2v) is 9.47. The Hall–Kier alpha value is -4.65. The molecule has 0 bridgehead atoms. The van der Waals surface area contributed by atoms with Gasteiger partial charge in [-0.2, -0.15) is 5.10 Å². The van der Waals surface area contributed by atoms with E-state index in [-0.39, 0.29) is 11.7 Å². The number of rotatable bonds is 4. The first-order valence-corrected chi connectivity index (χ1v) is 12.8. The zero-order valence-corrected chi connectivity index (χ0v) is 21.3. The SMILES string of the molecule is CCc1ccc([C@H]2c3cccn3-c3c(c(C)nn3-c3ccccc3)CN2C(=O)Nc2ccccc2F)cc1. The van der Waals surface area contributed by atoms with Crippen LogP contribution in [0.4, 0.5) is 14.9 Å². The lowest BCUT2D eigenvalue weighted by molar-refractivity contribution is 0.194. The molecule has 0 spiro atoms. The molecule has 0 saturated heterocycles. The van der Waals surface area contributed by atoms with Gasteiger partial charge in [0.05, 0.1) is 35.3 Å². The van der Waals surface area contributed by atoms with Crippen molar-refractivity contribution >= 4 is 11.7 Å². The van der Waals surface area contributed by atoms with Crippen LogP contribution in [0, 0.1) is 12.7 Å². The Morgan fingerprint density at radius 3 is 2.45 bits per heavy atom. The van der Waals surface area contributed by atoms with E-state index in [1.165, 1.54) is 11.6 Å². The maximum atomic E-state index is 14.5. The Kier molecular flexibility index (Phi) is 6.04. The molecule has 0 radical (unpaired) electrons. The summed E-state index contributed by atoms with van der Waals surface area (Å²) in [5.74, 6) is 0.418. The third-order valence-corrected chi connectivity index (χ3v) is 7.17. The van der Waals surface area contributed by atoms with Crippen LogP contribution >= 0.6 is 0 Å². The number of carbonyl (C=O) groups is 1. The first kappa shape index (κ1) is 23.7. The number of benzene rings is 3. The molecular weight excluding hydrogens is 477 g/mol. The number of para-hydroxylation sites is 2. The van der Waals surface area contributed by atoms with Crippen molar-refractivity contribution < 1.29 is 9.18 Å². The zero-order valence-electron chi connectivity index (χ0n) is 21.3. The summed E-state index contributed by atoms with van der Waals surface area (Å²) in [6.07, 6.45) is 2.94. The molecule has 1 atom stereocenters. The van der Waals surface area contributed by atoms with Crippen molar-refractivity contribution in [1.29, 1.82) is 0 Å². The van der Waals surface area contributed by atoms with Gasteiger partial charge >= 0.3 is 6.03 Å². The largest absolute Gasteiger partial charge is 0.323 e. The lowest BCUT2D eigenvalue weighted by atomic mass is 9.99. The monoisotopic (exact) mass is 505 g/mol. The molecular formula is C31H28FN5O. The van der Waals surface area contributed by atoms with Crippen LogP contribution in [0.5, 0.6) is 0 Å².